The van der Waals surface area contributed by atoms with E-state index in [1.807, 2.05) is 18.2 Å². The summed E-state index contributed by atoms with van der Waals surface area (Å²) in [5.41, 5.74) is 1.11. The molecule has 0 aliphatic heterocycles. The molecule has 1 rings (SSSR count). The highest BCUT2D eigenvalue weighted by molar-refractivity contribution is 5.40. The second kappa shape index (κ2) is 9.64. The number of nitrogens with one attached hydrogen (secondary N) is 1. The van der Waals surface area contributed by atoms with E-state index in [0.29, 0.717) is 19.6 Å². The Morgan fingerprint density at radius 1 is 1.16 bits per heavy atom. The molecule has 0 radical (unpaired) electrons. The first-order valence-electron chi connectivity index (χ1n) is 7.01. The summed E-state index contributed by atoms with van der Waals surface area (Å²) in [5.74, 6) is 1.67. The Morgan fingerprint density at radius 2 is 2.00 bits per heavy atom. The van der Waals surface area contributed by atoms with E-state index >= 15 is 0 Å². The predicted octanol–water partition coefficient (Wildman–Crippen LogP) is 2.35. The summed E-state index contributed by atoms with van der Waals surface area (Å²) >= 11 is 0. The average molecular weight is 267 g/mol. The fourth-order valence-electron chi connectivity index (χ4n) is 1.63. The number of rotatable bonds is 10. The van der Waals surface area contributed by atoms with Crippen LogP contribution in [-0.2, 0) is 6.54 Å². The molecule has 4 nitrogen and oxygen atoms in total. The van der Waals surface area contributed by atoms with Crippen LogP contribution in [0.5, 0.6) is 11.5 Å². The van der Waals surface area contributed by atoms with Gasteiger partial charge in [0.15, 0.2) is 0 Å². The maximum Gasteiger partial charge on any atom is 0.127 e. The number of hydrogen-bond donors (Lipinski definition) is 2. The van der Waals surface area contributed by atoms with Gasteiger partial charge in [-0.1, -0.05) is 19.9 Å². The van der Waals surface area contributed by atoms with E-state index in [0.717, 1.165) is 36.6 Å². The van der Waals surface area contributed by atoms with E-state index in [9.17, 15) is 0 Å². The highest BCUT2D eigenvalue weighted by Crippen LogP contribution is 2.25. The largest absolute Gasteiger partial charge is 0.493 e. The average Bonchev–Trinajstić information content (AvgIpc) is 2.44. The Bertz CT molecular complexity index is 355. The van der Waals surface area contributed by atoms with Gasteiger partial charge in [-0.25, -0.2) is 0 Å². The first-order chi connectivity index (χ1) is 9.31. The molecular formula is C15H25NO3. The van der Waals surface area contributed by atoms with E-state index in [2.05, 4.69) is 19.2 Å². The topological polar surface area (TPSA) is 50.7 Å². The fraction of sp³-hybridized carbons (Fsp3) is 0.600. The molecule has 0 bridgehead atoms. The molecule has 0 unspecified atom stereocenters. The third kappa shape index (κ3) is 5.94. The van der Waals surface area contributed by atoms with E-state index < -0.39 is 0 Å². The molecule has 0 aliphatic rings. The molecule has 0 spiro atoms. The number of benzene rings is 1. The van der Waals surface area contributed by atoms with Gasteiger partial charge in [0.25, 0.3) is 0 Å². The van der Waals surface area contributed by atoms with Crippen LogP contribution in [0.3, 0.4) is 0 Å². The summed E-state index contributed by atoms with van der Waals surface area (Å²) in [4.78, 5) is 0. The lowest BCUT2D eigenvalue weighted by Gasteiger charge is -2.14. The van der Waals surface area contributed by atoms with Crippen molar-refractivity contribution in [1.29, 1.82) is 0 Å². The Hall–Kier alpha value is -1.26. The number of aliphatic hydroxyl groups is 1. The van der Waals surface area contributed by atoms with Crippen LogP contribution in [0.15, 0.2) is 18.2 Å². The second-order valence-corrected chi connectivity index (χ2v) is 4.32. The maximum atomic E-state index is 8.81. The van der Waals surface area contributed by atoms with Gasteiger partial charge in [0.2, 0.25) is 0 Å². The van der Waals surface area contributed by atoms with Crippen molar-refractivity contribution in [3.63, 3.8) is 0 Å². The summed E-state index contributed by atoms with van der Waals surface area (Å²) in [6, 6.07) is 5.93. The van der Waals surface area contributed by atoms with E-state index in [1.165, 1.54) is 0 Å². The zero-order chi connectivity index (χ0) is 13.9. The molecule has 0 atom stereocenters. The molecule has 108 valence electrons. The molecule has 2 N–H and O–H groups in total. The normalized spacial score (nSPS) is 10.5. The van der Waals surface area contributed by atoms with Gasteiger partial charge in [-0.2, -0.15) is 0 Å². The molecule has 0 heterocycles. The van der Waals surface area contributed by atoms with Crippen LogP contribution in [0, 0.1) is 0 Å². The zero-order valence-electron chi connectivity index (χ0n) is 11.9. The minimum atomic E-state index is 0.147. The molecular weight excluding hydrogens is 242 g/mol. The molecule has 0 saturated carbocycles. The van der Waals surface area contributed by atoms with Crippen molar-refractivity contribution >= 4 is 0 Å². The minimum Gasteiger partial charge on any atom is -0.493 e. The van der Waals surface area contributed by atoms with Crippen LogP contribution >= 0.6 is 0 Å². The third-order valence-corrected chi connectivity index (χ3v) is 2.64. The molecule has 4 heteroatoms. The number of hydrogen-bond acceptors (Lipinski definition) is 4. The lowest BCUT2D eigenvalue weighted by atomic mass is 10.2. The van der Waals surface area contributed by atoms with E-state index in [-0.39, 0.29) is 6.61 Å². The second-order valence-electron chi connectivity index (χ2n) is 4.32. The molecule has 0 saturated heterocycles. The Balaban J connectivity index is 2.71. The summed E-state index contributed by atoms with van der Waals surface area (Å²) < 4.78 is 11.3. The van der Waals surface area contributed by atoms with Gasteiger partial charge in [0.05, 0.1) is 13.2 Å². The van der Waals surface area contributed by atoms with Gasteiger partial charge >= 0.3 is 0 Å². The van der Waals surface area contributed by atoms with Crippen molar-refractivity contribution in [2.45, 2.75) is 33.2 Å². The van der Waals surface area contributed by atoms with Crippen LogP contribution < -0.4 is 14.8 Å². The van der Waals surface area contributed by atoms with Crippen LogP contribution in [-0.4, -0.2) is 31.5 Å². The zero-order valence-corrected chi connectivity index (χ0v) is 11.9. The van der Waals surface area contributed by atoms with Crippen LogP contribution in [0.2, 0.25) is 0 Å². The molecule has 0 aromatic heterocycles. The van der Waals surface area contributed by atoms with Crippen LogP contribution in [0.1, 0.15) is 32.3 Å². The Morgan fingerprint density at radius 3 is 2.68 bits per heavy atom. The molecule has 1 aromatic rings. The molecule has 0 fully saturated rings. The van der Waals surface area contributed by atoms with Crippen LogP contribution in [0.25, 0.3) is 0 Å². The summed E-state index contributed by atoms with van der Waals surface area (Å²) in [6.45, 7) is 7.23. The summed E-state index contributed by atoms with van der Waals surface area (Å²) in [6.07, 6.45) is 1.63. The van der Waals surface area contributed by atoms with Gasteiger partial charge in [-0.05, 0) is 19.0 Å². The first kappa shape index (κ1) is 15.8. The van der Waals surface area contributed by atoms with Gasteiger partial charge in [0.1, 0.15) is 11.5 Å². The quantitative estimate of drug-likeness (QED) is 0.639. The van der Waals surface area contributed by atoms with E-state index in [4.69, 9.17) is 14.6 Å². The Labute approximate surface area is 115 Å². The lowest BCUT2D eigenvalue weighted by Crippen LogP contribution is -2.13. The third-order valence-electron chi connectivity index (χ3n) is 2.64. The van der Waals surface area contributed by atoms with Crippen molar-refractivity contribution in [2.24, 2.45) is 0 Å². The van der Waals surface area contributed by atoms with Gasteiger partial charge in [-0.3, -0.25) is 0 Å². The van der Waals surface area contributed by atoms with Gasteiger partial charge in [0, 0.05) is 31.2 Å². The predicted molar refractivity (Wildman–Crippen MR) is 76.8 cm³/mol. The number of ether oxygens (including phenoxy) is 2. The fourth-order valence-corrected chi connectivity index (χ4v) is 1.63. The van der Waals surface area contributed by atoms with Crippen molar-refractivity contribution in [3.8, 4) is 11.5 Å². The SMILES string of the molecule is CCCOc1ccc(CNCC)c(OCCCO)c1. The lowest BCUT2D eigenvalue weighted by molar-refractivity contribution is 0.231. The van der Waals surface area contributed by atoms with Crippen LogP contribution in [0.4, 0.5) is 0 Å². The molecule has 19 heavy (non-hydrogen) atoms. The highest BCUT2D eigenvalue weighted by atomic mass is 16.5. The summed E-state index contributed by atoms with van der Waals surface area (Å²) in [5, 5.41) is 12.1. The molecule has 0 aliphatic carbocycles. The monoisotopic (exact) mass is 267 g/mol. The first-order valence-corrected chi connectivity index (χ1v) is 7.01. The van der Waals surface area contributed by atoms with Crippen molar-refractivity contribution in [1.82, 2.24) is 5.32 Å². The summed E-state index contributed by atoms with van der Waals surface area (Å²) in [7, 11) is 0. The number of aliphatic hydroxyl groups excluding tert-OH is 1. The minimum absolute atomic E-state index is 0.147. The molecule has 1 aromatic carbocycles. The van der Waals surface area contributed by atoms with Crippen molar-refractivity contribution in [2.75, 3.05) is 26.4 Å². The Kier molecular flexibility index (Phi) is 8.02. The smallest absolute Gasteiger partial charge is 0.127 e. The maximum absolute atomic E-state index is 8.81. The molecule has 0 amide bonds. The van der Waals surface area contributed by atoms with E-state index in [1.54, 1.807) is 0 Å². The van der Waals surface area contributed by atoms with Crippen molar-refractivity contribution < 1.29 is 14.6 Å². The standard InChI is InChI=1S/C15H25NO3/c1-3-9-18-14-7-6-13(12-16-4-2)15(11-14)19-10-5-8-17/h6-7,11,16-17H,3-5,8-10,12H2,1-2H3. The van der Waals surface area contributed by atoms with Crippen molar-refractivity contribution in [3.05, 3.63) is 23.8 Å². The van der Waals surface area contributed by atoms with Gasteiger partial charge < -0.3 is 19.9 Å². The highest BCUT2D eigenvalue weighted by Gasteiger charge is 2.06. The van der Waals surface area contributed by atoms with Gasteiger partial charge in [-0.15, -0.1) is 0 Å².